The second-order valence-corrected chi connectivity index (χ2v) is 4.73. The predicted octanol–water partition coefficient (Wildman–Crippen LogP) is 4.46. The highest BCUT2D eigenvalue weighted by atomic mass is 79.9. The first kappa shape index (κ1) is 12.4. The average molecular weight is 269 g/mol. The standard InChI is InChI=1S/C13H17BrO/c1-3-10(4-2)9-13(15)11-5-7-12(14)8-6-11/h5-8,10H,3-4,9H2,1-2H3. The van der Waals surface area contributed by atoms with Crippen molar-refractivity contribution in [2.45, 2.75) is 33.1 Å². The predicted molar refractivity (Wildman–Crippen MR) is 67.2 cm³/mol. The van der Waals surface area contributed by atoms with Crippen LogP contribution in [0.25, 0.3) is 0 Å². The van der Waals surface area contributed by atoms with Gasteiger partial charge in [0.25, 0.3) is 0 Å². The number of halogens is 1. The topological polar surface area (TPSA) is 17.1 Å². The Balaban J connectivity index is 2.64. The van der Waals surface area contributed by atoms with E-state index in [1.807, 2.05) is 24.3 Å². The number of rotatable bonds is 5. The van der Waals surface area contributed by atoms with E-state index < -0.39 is 0 Å². The molecule has 0 aromatic heterocycles. The van der Waals surface area contributed by atoms with Gasteiger partial charge in [-0.15, -0.1) is 0 Å². The molecule has 1 aromatic carbocycles. The monoisotopic (exact) mass is 268 g/mol. The first-order chi connectivity index (χ1) is 7.17. The summed E-state index contributed by atoms with van der Waals surface area (Å²) in [6.45, 7) is 4.28. The molecule has 0 saturated carbocycles. The minimum absolute atomic E-state index is 0.260. The van der Waals surface area contributed by atoms with Crippen LogP contribution < -0.4 is 0 Å². The molecule has 0 heterocycles. The largest absolute Gasteiger partial charge is 0.294 e. The van der Waals surface area contributed by atoms with E-state index in [2.05, 4.69) is 29.8 Å². The van der Waals surface area contributed by atoms with E-state index in [1.165, 1.54) is 0 Å². The number of carbonyl (C=O) groups is 1. The highest BCUT2D eigenvalue weighted by Gasteiger charge is 2.11. The third-order valence-corrected chi connectivity index (χ3v) is 3.32. The Bertz CT molecular complexity index is 312. The van der Waals surface area contributed by atoms with Crippen molar-refractivity contribution in [2.75, 3.05) is 0 Å². The molecule has 82 valence electrons. The Morgan fingerprint density at radius 3 is 2.20 bits per heavy atom. The Morgan fingerprint density at radius 1 is 1.20 bits per heavy atom. The van der Waals surface area contributed by atoms with Crippen LogP contribution in [0, 0.1) is 5.92 Å². The number of hydrogen-bond acceptors (Lipinski definition) is 1. The molecule has 15 heavy (non-hydrogen) atoms. The summed E-state index contributed by atoms with van der Waals surface area (Å²) in [7, 11) is 0. The Labute approximate surface area is 100 Å². The zero-order valence-corrected chi connectivity index (χ0v) is 10.9. The molecule has 0 radical (unpaired) electrons. The van der Waals surface area contributed by atoms with Crippen LogP contribution in [0.4, 0.5) is 0 Å². The van der Waals surface area contributed by atoms with Crippen molar-refractivity contribution in [3.63, 3.8) is 0 Å². The Hall–Kier alpha value is -0.630. The zero-order valence-electron chi connectivity index (χ0n) is 9.29. The lowest BCUT2D eigenvalue weighted by Crippen LogP contribution is -2.07. The summed E-state index contributed by atoms with van der Waals surface area (Å²) in [5, 5.41) is 0. The molecule has 0 amide bonds. The maximum absolute atomic E-state index is 11.9. The smallest absolute Gasteiger partial charge is 0.163 e. The number of Topliss-reactive ketones (excluding diaryl/α,β-unsaturated/α-hetero) is 1. The lowest BCUT2D eigenvalue weighted by molar-refractivity contribution is 0.0958. The molecule has 0 aliphatic carbocycles. The van der Waals surface area contributed by atoms with Crippen LogP contribution >= 0.6 is 15.9 Å². The summed E-state index contributed by atoms with van der Waals surface area (Å²) >= 11 is 3.36. The van der Waals surface area contributed by atoms with Crippen molar-refractivity contribution in [1.82, 2.24) is 0 Å². The number of carbonyl (C=O) groups excluding carboxylic acids is 1. The highest BCUT2D eigenvalue weighted by molar-refractivity contribution is 9.10. The lowest BCUT2D eigenvalue weighted by atomic mass is 9.94. The molecule has 0 spiro atoms. The van der Waals surface area contributed by atoms with E-state index in [0.717, 1.165) is 22.9 Å². The van der Waals surface area contributed by atoms with E-state index in [4.69, 9.17) is 0 Å². The first-order valence-corrected chi connectivity index (χ1v) is 6.25. The van der Waals surface area contributed by atoms with Crippen molar-refractivity contribution < 1.29 is 4.79 Å². The molecular weight excluding hydrogens is 252 g/mol. The van der Waals surface area contributed by atoms with Gasteiger partial charge in [0.1, 0.15) is 0 Å². The van der Waals surface area contributed by atoms with Gasteiger partial charge in [0, 0.05) is 16.5 Å². The van der Waals surface area contributed by atoms with Gasteiger partial charge < -0.3 is 0 Å². The summed E-state index contributed by atoms with van der Waals surface area (Å²) in [5.41, 5.74) is 0.824. The van der Waals surface area contributed by atoms with Gasteiger partial charge in [0.15, 0.2) is 5.78 Å². The van der Waals surface area contributed by atoms with Crippen LogP contribution in [0.15, 0.2) is 28.7 Å². The minimum atomic E-state index is 0.260. The summed E-state index contributed by atoms with van der Waals surface area (Å²) < 4.78 is 1.02. The lowest BCUT2D eigenvalue weighted by Gasteiger charge is -2.10. The van der Waals surface area contributed by atoms with Crippen LogP contribution in [0.2, 0.25) is 0 Å². The average Bonchev–Trinajstić information content (AvgIpc) is 2.26. The second-order valence-electron chi connectivity index (χ2n) is 3.82. The van der Waals surface area contributed by atoms with Crippen molar-refractivity contribution >= 4 is 21.7 Å². The molecule has 0 bridgehead atoms. The molecule has 1 rings (SSSR count). The number of ketones is 1. The van der Waals surface area contributed by atoms with Gasteiger partial charge in [0.2, 0.25) is 0 Å². The molecule has 1 aromatic rings. The minimum Gasteiger partial charge on any atom is -0.294 e. The summed E-state index contributed by atoms with van der Waals surface area (Å²) in [5.74, 6) is 0.789. The SMILES string of the molecule is CCC(CC)CC(=O)c1ccc(Br)cc1. The normalized spacial score (nSPS) is 10.7. The molecule has 0 atom stereocenters. The third kappa shape index (κ3) is 3.78. The highest BCUT2D eigenvalue weighted by Crippen LogP contribution is 2.17. The fraction of sp³-hybridized carbons (Fsp3) is 0.462. The van der Waals surface area contributed by atoms with Crippen LogP contribution in [0.3, 0.4) is 0 Å². The molecule has 1 nitrogen and oxygen atoms in total. The van der Waals surface area contributed by atoms with E-state index in [-0.39, 0.29) is 5.78 Å². The van der Waals surface area contributed by atoms with Gasteiger partial charge in [-0.05, 0) is 18.1 Å². The van der Waals surface area contributed by atoms with Crippen molar-refractivity contribution in [3.05, 3.63) is 34.3 Å². The van der Waals surface area contributed by atoms with Gasteiger partial charge in [-0.25, -0.2) is 0 Å². The molecule has 0 aliphatic rings. The molecule has 0 N–H and O–H groups in total. The van der Waals surface area contributed by atoms with Gasteiger partial charge in [0.05, 0.1) is 0 Å². The Kier molecular flexibility index (Phi) is 5.03. The maximum Gasteiger partial charge on any atom is 0.163 e. The van der Waals surface area contributed by atoms with E-state index in [1.54, 1.807) is 0 Å². The van der Waals surface area contributed by atoms with Crippen LogP contribution in [0.5, 0.6) is 0 Å². The molecule has 0 fully saturated rings. The third-order valence-electron chi connectivity index (χ3n) is 2.79. The number of benzene rings is 1. The van der Waals surface area contributed by atoms with Gasteiger partial charge in [-0.3, -0.25) is 4.79 Å². The van der Waals surface area contributed by atoms with Crippen LogP contribution in [-0.2, 0) is 0 Å². The molecule has 0 unspecified atom stereocenters. The summed E-state index contributed by atoms with van der Waals surface area (Å²) in [4.78, 5) is 11.9. The molecule has 2 heteroatoms. The van der Waals surface area contributed by atoms with Gasteiger partial charge >= 0.3 is 0 Å². The Morgan fingerprint density at radius 2 is 1.73 bits per heavy atom. The molecule has 0 saturated heterocycles. The maximum atomic E-state index is 11.9. The quantitative estimate of drug-likeness (QED) is 0.721. The van der Waals surface area contributed by atoms with Gasteiger partial charge in [-0.1, -0.05) is 54.8 Å². The first-order valence-electron chi connectivity index (χ1n) is 5.46. The van der Waals surface area contributed by atoms with E-state index in [9.17, 15) is 4.79 Å². The van der Waals surface area contributed by atoms with Crippen LogP contribution in [-0.4, -0.2) is 5.78 Å². The second kappa shape index (κ2) is 6.06. The van der Waals surface area contributed by atoms with E-state index >= 15 is 0 Å². The van der Waals surface area contributed by atoms with E-state index in [0.29, 0.717) is 12.3 Å². The fourth-order valence-corrected chi connectivity index (χ4v) is 1.86. The molecule has 0 aliphatic heterocycles. The summed E-state index contributed by atoms with van der Waals surface area (Å²) in [6.07, 6.45) is 2.84. The van der Waals surface area contributed by atoms with Crippen molar-refractivity contribution in [3.8, 4) is 0 Å². The molecular formula is C13H17BrO. The van der Waals surface area contributed by atoms with Crippen molar-refractivity contribution in [2.24, 2.45) is 5.92 Å². The summed E-state index contributed by atoms with van der Waals surface area (Å²) in [6, 6.07) is 7.60. The number of hydrogen-bond donors (Lipinski definition) is 0. The van der Waals surface area contributed by atoms with Gasteiger partial charge in [-0.2, -0.15) is 0 Å². The zero-order chi connectivity index (χ0) is 11.3. The van der Waals surface area contributed by atoms with Crippen molar-refractivity contribution in [1.29, 1.82) is 0 Å². The fourth-order valence-electron chi connectivity index (χ4n) is 1.59. The van der Waals surface area contributed by atoms with Crippen LogP contribution in [0.1, 0.15) is 43.5 Å².